The van der Waals surface area contributed by atoms with E-state index in [-0.39, 0.29) is 5.91 Å². The lowest BCUT2D eigenvalue weighted by Gasteiger charge is -2.37. The standard InChI is InChI=1S/C36H41N5O/c1-28-38-23-35(41(28)26-31-17-15-30(22-37)16-18-31)19-21-40(29(2)42)25-32-10-9-20-39(24-32)27-36(33-11-5-3-6-12-33)34-13-7-4-8-14-34/h3-8,11-18,23,32,36H,9-10,19-21,24-27H2,1-2H3/t32-/m0/s1. The van der Waals surface area contributed by atoms with Crippen molar-refractivity contribution in [2.24, 2.45) is 5.92 Å². The molecule has 0 saturated carbocycles. The molecule has 0 bridgehead atoms. The molecule has 2 heterocycles. The van der Waals surface area contributed by atoms with Gasteiger partial charge in [0.2, 0.25) is 5.91 Å². The summed E-state index contributed by atoms with van der Waals surface area (Å²) in [4.78, 5) is 22.0. The number of benzene rings is 3. The average Bonchev–Trinajstić information content (AvgIpc) is 3.37. The first-order valence-electron chi connectivity index (χ1n) is 15.1. The minimum Gasteiger partial charge on any atom is -0.342 e. The van der Waals surface area contributed by atoms with Gasteiger partial charge in [-0.1, -0.05) is 72.8 Å². The Morgan fingerprint density at radius 2 is 1.69 bits per heavy atom. The van der Waals surface area contributed by atoms with Gasteiger partial charge in [0.1, 0.15) is 5.82 Å². The number of imidazole rings is 1. The molecule has 216 valence electrons. The lowest BCUT2D eigenvalue weighted by Crippen LogP contribution is -2.44. The van der Waals surface area contributed by atoms with E-state index in [0.717, 1.165) is 62.5 Å². The zero-order valence-corrected chi connectivity index (χ0v) is 24.8. The molecule has 1 aromatic heterocycles. The molecule has 0 aliphatic carbocycles. The highest BCUT2D eigenvalue weighted by Crippen LogP contribution is 2.28. The number of piperidine rings is 1. The predicted molar refractivity (Wildman–Crippen MR) is 167 cm³/mol. The van der Waals surface area contributed by atoms with Crippen molar-refractivity contribution in [3.05, 3.63) is 125 Å². The van der Waals surface area contributed by atoms with E-state index >= 15 is 0 Å². The monoisotopic (exact) mass is 559 g/mol. The Balaban J connectivity index is 1.21. The van der Waals surface area contributed by atoms with E-state index in [1.54, 1.807) is 6.92 Å². The molecule has 0 spiro atoms. The van der Waals surface area contributed by atoms with Gasteiger partial charge in [0.15, 0.2) is 0 Å². The molecule has 1 amide bonds. The van der Waals surface area contributed by atoms with Crippen LogP contribution >= 0.6 is 0 Å². The number of rotatable bonds is 11. The summed E-state index contributed by atoms with van der Waals surface area (Å²) in [6.45, 7) is 8.98. The largest absolute Gasteiger partial charge is 0.342 e. The van der Waals surface area contributed by atoms with Gasteiger partial charge in [0, 0.05) is 63.9 Å². The summed E-state index contributed by atoms with van der Waals surface area (Å²) >= 11 is 0. The second-order valence-corrected chi connectivity index (χ2v) is 11.5. The van der Waals surface area contributed by atoms with Gasteiger partial charge in [-0.15, -0.1) is 0 Å². The van der Waals surface area contributed by atoms with Gasteiger partial charge < -0.3 is 14.4 Å². The third-order valence-corrected chi connectivity index (χ3v) is 8.57. The maximum absolute atomic E-state index is 12.8. The van der Waals surface area contributed by atoms with E-state index in [0.29, 0.717) is 30.5 Å². The minimum absolute atomic E-state index is 0.133. The number of hydrogen-bond acceptors (Lipinski definition) is 4. The van der Waals surface area contributed by atoms with Gasteiger partial charge in [-0.25, -0.2) is 4.98 Å². The highest BCUT2D eigenvalue weighted by molar-refractivity contribution is 5.73. The number of nitrogens with zero attached hydrogens (tertiary/aromatic N) is 5. The topological polar surface area (TPSA) is 65.2 Å². The van der Waals surface area contributed by atoms with Gasteiger partial charge in [-0.3, -0.25) is 4.79 Å². The third-order valence-electron chi connectivity index (χ3n) is 8.57. The van der Waals surface area contributed by atoms with Gasteiger partial charge in [-0.2, -0.15) is 5.26 Å². The molecule has 1 saturated heterocycles. The predicted octanol–water partition coefficient (Wildman–Crippen LogP) is 6.05. The van der Waals surface area contributed by atoms with Crippen LogP contribution in [0.5, 0.6) is 0 Å². The van der Waals surface area contributed by atoms with Crippen molar-refractivity contribution in [3.63, 3.8) is 0 Å². The molecule has 1 atom stereocenters. The van der Waals surface area contributed by atoms with Crippen LogP contribution in [-0.2, 0) is 17.8 Å². The maximum atomic E-state index is 12.8. The molecule has 5 rings (SSSR count). The number of aromatic nitrogens is 2. The van der Waals surface area contributed by atoms with Crippen LogP contribution in [0, 0.1) is 24.2 Å². The Hall–Kier alpha value is -4.21. The molecule has 4 aromatic rings. The van der Waals surface area contributed by atoms with Crippen molar-refractivity contribution in [3.8, 4) is 6.07 Å². The summed E-state index contributed by atoms with van der Waals surface area (Å²) in [5.74, 6) is 1.88. The fourth-order valence-corrected chi connectivity index (χ4v) is 6.23. The first kappa shape index (κ1) is 29.3. The van der Waals surface area contributed by atoms with E-state index in [1.165, 1.54) is 11.1 Å². The molecule has 1 aliphatic rings. The zero-order valence-electron chi connectivity index (χ0n) is 24.8. The molecular formula is C36H41N5O. The summed E-state index contributed by atoms with van der Waals surface area (Å²) in [7, 11) is 0. The Morgan fingerprint density at radius 1 is 1.02 bits per heavy atom. The summed E-state index contributed by atoms with van der Waals surface area (Å²) in [5, 5.41) is 9.11. The van der Waals surface area contributed by atoms with Crippen LogP contribution in [0.3, 0.4) is 0 Å². The maximum Gasteiger partial charge on any atom is 0.219 e. The van der Waals surface area contributed by atoms with Crippen LogP contribution in [0.4, 0.5) is 0 Å². The minimum atomic E-state index is 0.133. The fourth-order valence-electron chi connectivity index (χ4n) is 6.23. The summed E-state index contributed by atoms with van der Waals surface area (Å²) in [6, 6.07) is 31.5. The Morgan fingerprint density at radius 3 is 2.31 bits per heavy atom. The second-order valence-electron chi connectivity index (χ2n) is 11.5. The van der Waals surface area contributed by atoms with Crippen molar-refractivity contribution >= 4 is 5.91 Å². The Bertz CT molecular complexity index is 1430. The van der Waals surface area contributed by atoms with Gasteiger partial charge >= 0.3 is 0 Å². The molecule has 1 aliphatic heterocycles. The van der Waals surface area contributed by atoms with Crippen LogP contribution in [0.2, 0.25) is 0 Å². The first-order valence-corrected chi connectivity index (χ1v) is 15.1. The zero-order chi connectivity index (χ0) is 29.3. The number of carbonyl (C=O) groups excluding carboxylic acids is 1. The smallest absolute Gasteiger partial charge is 0.219 e. The van der Waals surface area contributed by atoms with Crippen LogP contribution < -0.4 is 0 Å². The summed E-state index contributed by atoms with van der Waals surface area (Å²) in [6.07, 6.45) is 5.00. The van der Waals surface area contributed by atoms with E-state index in [2.05, 4.69) is 81.2 Å². The van der Waals surface area contributed by atoms with Crippen molar-refractivity contribution in [2.75, 3.05) is 32.7 Å². The highest BCUT2D eigenvalue weighted by atomic mass is 16.2. The van der Waals surface area contributed by atoms with E-state index in [1.807, 2.05) is 42.3 Å². The molecule has 1 fully saturated rings. The van der Waals surface area contributed by atoms with E-state index in [9.17, 15) is 4.79 Å². The van der Waals surface area contributed by atoms with Gasteiger partial charge in [0.25, 0.3) is 0 Å². The van der Waals surface area contributed by atoms with E-state index < -0.39 is 0 Å². The lowest BCUT2D eigenvalue weighted by atomic mass is 9.89. The van der Waals surface area contributed by atoms with Gasteiger partial charge in [0.05, 0.1) is 11.6 Å². The SMILES string of the molecule is CC(=O)N(CCc1cnc(C)n1Cc1ccc(C#N)cc1)C[C@H]1CCCN(CC(c2ccccc2)c2ccccc2)C1. The third kappa shape index (κ3) is 7.54. The lowest BCUT2D eigenvalue weighted by molar-refractivity contribution is -0.129. The van der Waals surface area contributed by atoms with Crippen LogP contribution in [0.25, 0.3) is 0 Å². The van der Waals surface area contributed by atoms with Crippen molar-refractivity contribution in [2.45, 2.75) is 45.6 Å². The molecule has 0 radical (unpaired) electrons. The number of likely N-dealkylation sites (tertiary alicyclic amines) is 1. The highest BCUT2D eigenvalue weighted by Gasteiger charge is 2.26. The number of nitriles is 1. The van der Waals surface area contributed by atoms with E-state index in [4.69, 9.17) is 5.26 Å². The number of aryl methyl sites for hydroxylation is 1. The average molecular weight is 560 g/mol. The quantitative estimate of drug-likeness (QED) is 0.225. The van der Waals surface area contributed by atoms with Crippen molar-refractivity contribution in [1.29, 1.82) is 5.26 Å². The molecule has 0 N–H and O–H groups in total. The van der Waals surface area contributed by atoms with Crippen molar-refractivity contribution in [1.82, 2.24) is 19.4 Å². The second kappa shape index (κ2) is 14.1. The number of carbonyl (C=O) groups is 1. The molecule has 0 unspecified atom stereocenters. The molecule has 6 heteroatoms. The van der Waals surface area contributed by atoms with Crippen LogP contribution in [-0.4, -0.2) is 58.0 Å². The fraction of sp³-hybridized carbons (Fsp3) is 0.361. The van der Waals surface area contributed by atoms with Crippen LogP contribution in [0.15, 0.2) is 91.1 Å². The first-order chi connectivity index (χ1) is 20.5. The molecule has 6 nitrogen and oxygen atoms in total. The van der Waals surface area contributed by atoms with Crippen molar-refractivity contribution < 1.29 is 4.79 Å². The Labute approximate surface area is 250 Å². The molecule has 42 heavy (non-hydrogen) atoms. The van der Waals surface area contributed by atoms with Gasteiger partial charge in [-0.05, 0) is 61.1 Å². The summed E-state index contributed by atoms with van der Waals surface area (Å²) in [5.41, 5.74) is 5.62. The molecular weight excluding hydrogens is 518 g/mol. The number of hydrogen-bond donors (Lipinski definition) is 0. The Kier molecular flexibility index (Phi) is 9.84. The molecule has 3 aromatic carbocycles. The number of amides is 1. The summed E-state index contributed by atoms with van der Waals surface area (Å²) < 4.78 is 2.22. The normalized spacial score (nSPS) is 15.4. The van der Waals surface area contributed by atoms with Crippen LogP contribution in [0.1, 0.15) is 59.5 Å².